The number of phosphoric ester groups is 1. The number of esters is 2. The highest BCUT2D eigenvalue weighted by Gasteiger charge is 2.22. The lowest BCUT2D eigenvalue weighted by molar-refractivity contribution is -0.870. The van der Waals surface area contributed by atoms with E-state index < -0.39 is 26.5 Å². The van der Waals surface area contributed by atoms with Crippen molar-refractivity contribution >= 4 is 19.8 Å². The van der Waals surface area contributed by atoms with Gasteiger partial charge in [0.2, 0.25) is 0 Å². The van der Waals surface area contributed by atoms with Gasteiger partial charge < -0.3 is 27.9 Å². The highest BCUT2D eigenvalue weighted by atomic mass is 31.2. The van der Waals surface area contributed by atoms with Gasteiger partial charge in [-0.05, 0) is 70.6 Å². The van der Waals surface area contributed by atoms with Crippen molar-refractivity contribution in [3.05, 3.63) is 36.5 Å². The highest BCUT2D eigenvalue weighted by molar-refractivity contribution is 7.45. The van der Waals surface area contributed by atoms with E-state index in [4.69, 9.17) is 18.5 Å². The maximum absolute atomic E-state index is 12.8. The van der Waals surface area contributed by atoms with E-state index in [1.54, 1.807) is 0 Å². The Morgan fingerprint density at radius 1 is 0.397 bits per heavy atom. The molecule has 0 radical (unpaired) electrons. The Morgan fingerprint density at radius 3 is 1.03 bits per heavy atom. The molecule has 9 nitrogen and oxygen atoms in total. The Labute approximate surface area is 484 Å². The summed E-state index contributed by atoms with van der Waals surface area (Å²) in [5.41, 5.74) is 0. The molecule has 0 saturated carbocycles. The zero-order chi connectivity index (χ0) is 57.0. The quantitative estimate of drug-likeness (QED) is 0.0195. The van der Waals surface area contributed by atoms with Crippen LogP contribution in [0.4, 0.5) is 0 Å². The Balaban J connectivity index is 4.00. The second-order valence-corrected chi connectivity index (χ2v) is 25.6. The molecular formula is C68H130NO8P. The summed E-state index contributed by atoms with van der Waals surface area (Å²) in [4.78, 5) is 38.0. The zero-order valence-electron chi connectivity index (χ0n) is 52.4. The van der Waals surface area contributed by atoms with Gasteiger partial charge in [0.1, 0.15) is 19.8 Å². The minimum absolute atomic E-state index is 0.0288. The first-order chi connectivity index (χ1) is 38.0. The van der Waals surface area contributed by atoms with E-state index in [0.717, 1.165) is 38.5 Å². The summed E-state index contributed by atoms with van der Waals surface area (Å²) in [5.74, 6) is -0.818. The molecule has 78 heavy (non-hydrogen) atoms. The molecule has 2 atom stereocenters. The fourth-order valence-corrected chi connectivity index (χ4v) is 10.6. The summed E-state index contributed by atoms with van der Waals surface area (Å²) in [6.07, 6.45) is 75.1. The maximum atomic E-state index is 12.8. The van der Waals surface area contributed by atoms with Crippen molar-refractivity contribution in [3.63, 3.8) is 0 Å². The number of carbonyl (C=O) groups excluding carboxylic acids is 2. The minimum atomic E-state index is -4.64. The second-order valence-electron chi connectivity index (χ2n) is 24.2. The molecule has 0 spiro atoms. The van der Waals surface area contributed by atoms with Gasteiger partial charge in [-0.25, -0.2) is 0 Å². The molecule has 0 aliphatic carbocycles. The molecule has 0 bridgehead atoms. The fourth-order valence-electron chi connectivity index (χ4n) is 9.92. The average molecular weight is 1120 g/mol. The summed E-state index contributed by atoms with van der Waals surface area (Å²) >= 11 is 0. The normalized spacial score (nSPS) is 13.4. The van der Waals surface area contributed by atoms with Crippen molar-refractivity contribution in [1.29, 1.82) is 0 Å². The molecule has 2 unspecified atom stereocenters. The number of carbonyl (C=O) groups is 2. The van der Waals surface area contributed by atoms with Crippen LogP contribution in [-0.2, 0) is 32.7 Å². The number of allylic oxidation sites excluding steroid dienone is 6. The standard InChI is InChI=1S/C68H130NO8P/c1-6-8-10-12-14-16-18-20-22-24-26-28-29-30-31-32-33-34-35-36-37-38-39-41-43-45-47-49-51-53-55-57-59-61-68(71)77-66(65-76-78(72,73)75-63-62-69(3,4)5)64-74-67(70)60-58-56-54-52-50-48-46-44-42-40-27-25-23-21-19-17-15-13-11-9-7-2/h18,20,24-27,66H,6-17,19,21-23,28-65H2,1-5H3/b20-18-,26-24-,27-25-. The lowest BCUT2D eigenvalue weighted by Crippen LogP contribution is -2.37. The third-order valence-electron chi connectivity index (χ3n) is 15.1. The third-order valence-corrected chi connectivity index (χ3v) is 16.1. The monoisotopic (exact) mass is 1120 g/mol. The molecule has 0 heterocycles. The van der Waals surface area contributed by atoms with Crippen LogP contribution in [0.2, 0.25) is 0 Å². The topological polar surface area (TPSA) is 111 Å². The van der Waals surface area contributed by atoms with E-state index in [-0.39, 0.29) is 32.0 Å². The second kappa shape index (κ2) is 59.8. The molecule has 0 N–H and O–H groups in total. The predicted molar refractivity (Wildman–Crippen MR) is 333 cm³/mol. The molecule has 0 amide bonds. The first-order valence-corrected chi connectivity index (χ1v) is 35.2. The van der Waals surface area contributed by atoms with Crippen molar-refractivity contribution in [1.82, 2.24) is 0 Å². The van der Waals surface area contributed by atoms with Crippen LogP contribution in [0.1, 0.15) is 335 Å². The summed E-state index contributed by atoms with van der Waals surface area (Å²) in [7, 11) is 1.18. The summed E-state index contributed by atoms with van der Waals surface area (Å²) in [6.45, 7) is 4.28. The Kier molecular flexibility index (Phi) is 58.5. The number of ether oxygens (including phenoxy) is 2. The zero-order valence-corrected chi connectivity index (χ0v) is 53.3. The molecule has 0 aliphatic heterocycles. The molecule has 0 saturated heterocycles. The number of quaternary nitrogens is 1. The van der Waals surface area contributed by atoms with Crippen LogP contribution in [0.25, 0.3) is 0 Å². The van der Waals surface area contributed by atoms with Gasteiger partial charge in [0.25, 0.3) is 7.82 Å². The summed E-state index contributed by atoms with van der Waals surface area (Å²) in [6, 6.07) is 0. The SMILES string of the molecule is CCCCCCC/C=C\C/C=C\CCCCCCCCCCCCCCCCCCCCCCCC(=O)OC(COC(=O)CCCCCCCCCCC/C=C\CCCCCCCCCC)COP(=O)([O-])OCC[N+](C)(C)C. The number of nitrogens with zero attached hydrogens (tertiary/aromatic N) is 1. The predicted octanol–water partition coefficient (Wildman–Crippen LogP) is 20.9. The number of hydrogen-bond acceptors (Lipinski definition) is 8. The lowest BCUT2D eigenvalue weighted by atomic mass is 10.0. The molecule has 0 aromatic heterocycles. The van der Waals surface area contributed by atoms with Crippen molar-refractivity contribution in [2.45, 2.75) is 341 Å². The average Bonchev–Trinajstić information content (AvgIpc) is 3.41. The minimum Gasteiger partial charge on any atom is -0.756 e. The van der Waals surface area contributed by atoms with Crippen LogP contribution in [0.3, 0.4) is 0 Å². The third kappa shape index (κ3) is 63.4. The molecular weight excluding hydrogens is 990 g/mol. The molecule has 0 rings (SSSR count). The number of unbranched alkanes of at least 4 members (excludes halogenated alkanes) is 43. The van der Waals surface area contributed by atoms with Gasteiger partial charge in [0, 0.05) is 12.8 Å². The van der Waals surface area contributed by atoms with Crippen LogP contribution in [0.15, 0.2) is 36.5 Å². The number of rotatable bonds is 63. The van der Waals surface area contributed by atoms with Crippen LogP contribution in [0, 0.1) is 0 Å². The van der Waals surface area contributed by atoms with E-state index in [1.807, 2.05) is 21.1 Å². The molecule has 0 aromatic carbocycles. The summed E-state index contributed by atoms with van der Waals surface area (Å²) < 4.78 is 34.3. The van der Waals surface area contributed by atoms with Crippen molar-refractivity contribution in [2.24, 2.45) is 0 Å². The van der Waals surface area contributed by atoms with E-state index >= 15 is 0 Å². The number of hydrogen-bond donors (Lipinski definition) is 0. The van der Waals surface area contributed by atoms with E-state index in [2.05, 4.69) is 50.3 Å². The molecule has 0 aromatic rings. The molecule has 460 valence electrons. The number of likely N-dealkylation sites (N-methyl/N-ethyl adjacent to an activating group) is 1. The van der Waals surface area contributed by atoms with Gasteiger partial charge in [-0.3, -0.25) is 14.2 Å². The van der Waals surface area contributed by atoms with Crippen molar-refractivity contribution in [2.75, 3.05) is 47.5 Å². The fraction of sp³-hybridized carbons (Fsp3) is 0.882. The molecule has 0 aliphatic rings. The first kappa shape index (κ1) is 76.2. The van der Waals surface area contributed by atoms with Crippen LogP contribution >= 0.6 is 7.82 Å². The number of phosphoric acid groups is 1. The molecule has 10 heteroatoms. The van der Waals surface area contributed by atoms with Gasteiger partial charge in [0.05, 0.1) is 27.7 Å². The Bertz CT molecular complexity index is 1410. The molecule has 0 fully saturated rings. The Morgan fingerprint density at radius 2 is 0.692 bits per heavy atom. The van der Waals surface area contributed by atoms with Gasteiger partial charge in [-0.2, -0.15) is 0 Å². The van der Waals surface area contributed by atoms with Crippen LogP contribution < -0.4 is 4.89 Å². The summed E-state index contributed by atoms with van der Waals surface area (Å²) in [5, 5.41) is 0. The van der Waals surface area contributed by atoms with Crippen LogP contribution in [0.5, 0.6) is 0 Å². The maximum Gasteiger partial charge on any atom is 0.306 e. The van der Waals surface area contributed by atoms with E-state index in [9.17, 15) is 19.0 Å². The van der Waals surface area contributed by atoms with Gasteiger partial charge >= 0.3 is 11.9 Å². The lowest BCUT2D eigenvalue weighted by Gasteiger charge is -2.28. The smallest absolute Gasteiger partial charge is 0.306 e. The van der Waals surface area contributed by atoms with Crippen molar-refractivity contribution < 1.29 is 42.1 Å². The van der Waals surface area contributed by atoms with E-state index in [0.29, 0.717) is 17.4 Å². The van der Waals surface area contributed by atoms with E-state index in [1.165, 1.54) is 263 Å². The van der Waals surface area contributed by atoms with Gasteiger partial charge in [0.15, 0.2) is 6.10 Å². The van der Waals surface area contributed by atoms with Gasteiger partial charge in [-0.15, -0.1) is 0 Å². The van der Waals surface area contributed by atoms with Crippen LogP contribution in [-0.4, -0.2) is 70.0 Å². The van der Waals surface area contributed by atoms with Crippen molar-refractivity contribution in [3.8, 4) is 0 Å². The largest absolute Gasteiger partial charge is 0.756 e. The highest BCUT2D eigenvalue weighted by Crippen LogP contribution is 2.38. The Hall–Kier alpha value is -1.77. The van der Waals surface area contributed by atoms with Gasteiger partial charge in [-0.1, -0.05) is 288 Å². The first-order valence-electron chi connectivity index (χ1n) is 33.7.